The summed E-state index contributed by atoms with van der Waals surface area (Å²) in [6.07, 6.45) is 3.45. The first-order chi connectivity index (χ1) is 9.16. The third-order valence-electron chi connectivity index (χ3n) is 3.02. The fraction of sp³-hybridized carbons (Fsp3) is 0.154. The van der Waals surface area contributed by atoms with E-state index < -0.39 is 5.82 Å². The number of nitrogens with one attached hydrogen (secondary N) is 1. The van der Waals surface area contributed by atoms with Crippen LogP contribution >= 0.6 is 15.9 Å². The maximum atomic E-state index is 13.6. The lowest BCUT2D eigenvalue weighted by atomic mass is 10.1. The number of ether oxygens (including phenoxy) is 1. The van der Waals surface area contributed by atoms with Crippen molar-refractivity contribution < 1.29 is 9.13 Å². The average Bonchev–Trinajstić information content (AvgIpc) is 2.45. The summed E-state index contributed by atoms with van der Waals surface area (Å²) in [4.78, 5) is 4.06. The van der Waals surface area contributed by atoms with Gasteiger partial charge < -0.3 is 15.8 Å². The van der Waals surface area contributed by atoms with E-state index in [1.165, 1.54) is 6.07 Å². The number of fused-ring (bicyclic) bond motifs is 1. The minimum Gasteiger partial charge on any atom is -0.488 e. The molecule has 1 aromatic carbocycles. The molecule has 4 nitrogen and oxygen atoms in total. The second kappa shape index (κ2) is 4.70. The number of aromatic nitrogens is 1. The molecule has 3 rings (SSSR count). The average molecular weight is 324 g/mol. The lowest BCUT2D eigenvalue weighted by Crippen LogP contribution is -2.25. The number of nitrogen functional groups attached to an aromatic ring is 1. The molecule has 2 aromatic rings. The van der Waals surface area contributed by atoms with Crippen molar-refractivity contribution in [1.82, 2.24) is 4.98 Å². The molecular formula is C13H11BrFN3O. The number of hydrogen-bond acceptors (Lipinski definition) is 4. The molecule has 98 valence electrons. The number of hydrogen-bond donors (Lipinski definition) is 2. The van der Waals surface area contributed by atoms with Gasteiger partial charge in [0, 0.05) is 12.4 Å². The molecule has 1 aliphatic heterocycles. The summed E-state index contributed by atoms with van der Waals surface area (Å²) in [6.45, 7) is 0.433. The number of pyridine rings is 1. The molecule has 2 heterocycles. The van der Waals surface area contributed by atoms with Crippen molar-refractivity contribution in [3.63, 3.8) is 0 Å². The van der Waals surface area contributed by atoms with Crippen molar-refractivity contribution in [2.45, 2.75) is 6.04 Å². The van der Waals surface area contributed by atoms with Gasteiger partial charge in [-0.05, 0) is 33.6 Å². The van der Waals surface area contributed by atoms with Crippen LogP contribution in [0.5, 0.6) is 5.75 Å². The van der Waals surface area contributed by atoms with Crippen LogP contribution in [0.25, 0.3) is 0 Å². The highest BCUT2D eigenvalue weighted by Crippen LogP contribution is 2.44. The molecule has 1 unspecified atom stereocenters. The smallest absolute Gasteiger partial charge is 0.159 e. The van der Waals surface area contributed by atoms with Gasteiger partial charge in [-0.15, -0.1) is 0 Å². The van der Waals surface area contributed by atoms with E-state index in [1.54, 1.807) is 12.4 Å². The summed E-state index contributed by atoms with van der Waals surface area (Å²) in [5.41, 5.74) is 7.26. The molecular weight excluding hydrogens is 313 g/mol. The van der Waals surface area contributed by atoms with Crippen LogP contribution in [0.4, 0.5) is 15.8 Å². The molecule has 0 fully saturated rings. The molecule has 0 amide bonds. The third-order valence-corrected chi connectivity index (χ3v) is 3.61. The van der Waals surface area contributed by atoms with E-state index in [0.29, 0.717) is 22.5 Å². The summed E-state index contributed by atoms with van der Waals surface area (Å²) >= 11 is 3.27. The van der Waals surface area contributed by atoms with Crippen LogP contribution in [0, 0.1) is 5.82 Å². The first-order valence-electron chi connectivity index (χ1n) is 5.73. The molecule has 19 heavy (non-hydrogen) atoms. The monoisotopic (exact) mass is 323 g/mol. The lowest BCUT2D eigenvalue weighted by Gasteiger charge is -2.29. The highest BCUT2D eigenvalue weighted by molar-refractivity contribution is 9.10. The first-order valence-corrected chi connectivity index (χ1v) is 6.53. The molecule has 0 bridgehead atoms. The van der Waals surface area contributed by atoms with Gasteiger partial charge >= 0.3 is 0 Å². The van der Waals surface area contributed by atoms with Crippen LogP contribution in [0.1, 0.15) is 11.6 Å². The van der Waals surface area contributed by atoms with E-state index in [-0.39, 0.29) is 11.7 Å². The van der Waals surface area contributed by atoms with Crippen LogP contribution in [0.15, 0.2) is 35.1 Å². The van der Waals surface area contributed by atoms with Crippen molar-refractivity contribution >= 4 is 27.3 Å². The zero-order valence-electron chi connectivity index (χ0n) is 9.86. The Morgan fingerprint density at radius 1 is 1.53 bits per heavy atom. The number of rotatable bonds is 1. The number of halogens is 2. The van der Waals surface area contributed by atoms with Crippen LogP contribution in [0.2, 0.25) is 0 Å². The molecule has 6 heteroatoms. The maximum Gasteiger partial charge on any atom is 0.159 e. The molecule has 1 atom stereocenters. The molecule has 1 aromatic heterocycles. The van der Waals surface area contributed by atoms with E-state index in [2.05, 4.69) is 26.2 Å². The Morgan fingerprint density at radius 3 is 3.11 bits per heavy atom. The molecule has 3 N–H and O–H groups in total. The quantitative estimate of drug-likeness (QED) is 0.792. The standard InChI is InChI=1S/C13H11BrFN3O/c14-8-4-9(15)11(16)12-13(8)19-6-10(18-12)7-2-1-3-17-5-7/h1-5,10,18H,6,16H2. The topological polar surface area (TPSA) is 60.2 Å². The van der Waals surface area contributed by atoms with Gasteiger partial charge in [-0.3, -0.25) is 4.98 Å². The normalized spacial score (nSPS) is 17.3. The minimum atomic E-state index is -0.478. The SMILES string of the molecule is Nc1c(F)cc(Br)c2c1NC(c1cccnc1)CO2. The molecule has 0 saturated carbocycles. The van der Waals surface area contributed by atoms with Crippen LogP contribution < -0.4 is 15.8 Å². The highest BCUT2D eigenvalue weighted by atomic mass is 79.9. The number of benzene rings is 1. The Morgan fingerprint density at radius 2 is 2.37 bits per heavy atom. The van der Waals surface area contributed by atoms with E-state index in [1.807, 2.05) is 12.1 Å². The van der Waals surface area contributed by atoms with Gasteiger partial charge in [0.1, 0.15) is 18.1 Å². The Kier molecular flexibility index (Phi) is 3.02. The Balaban J connectivity index is 2.00. The third kappa shape index (κ3) is 2.12. The number of anilines is 2. The van der Waals surface area contributed by atoms with Gasteiger partial charge in [0.25, 0.3) is 0 Å². The van der Waals surface area contributed by atoms with E-state index in [0.717, 1.165) is 5.56 Å². The van der Waals surface area contributed by atoms with Gasteiger partial charge in [0.2, 0.25) is 0 Å². The predicted molar refractivity (Wildman–Crippen MR) is 74.6 cm³/mol. The van der Waals surface area contributed by atoms with Crippen molar-refractivity contribution in [3.8, 4) is 5.75 Å². The summed E-state index contributed by atoms with van der Waals surface area (Å²) in [6, 6.07) is 4.98. The molecule has 1 aliphatic rings. The summed E-state index contributed by atoms with van der Waals surface area (Å²) in [5.74, 6) is 0.0626. The van der Waals surface area contributed by atoms with Gasteiger partial charge in [-0.25, -0.2) is 4.39 Å². The number of nitrogens with zero attached hydrogens (tertiary/aromatic N) is 1. The van der Waals surface area contributed by atoms with Crippen molar-refractivity contribution in [2.24, 2.45) is 0 Å². The Hall–Kier alpha value is -1.82. The zero-order chi connectivity index (χ0) is 13.4. The summed E-state index contributed by atoms with van der Waals surface area (Å²) in [7, 11) is 0. The van der Waals surface area contributed by atoms with Crippen molar-refractivity contribution in [1.29, 1.82) is 0 Å². The van der Waals surface area contributed by atoms with Crippen LogP contribution in [-0.4, -0.2) is 11.6 Å². The highest BCUT2D eigenvalue weighted by Gasteiger charge is 2.26. The first kappa shape index (κ1) is 12.2. The van der Waals surface area contributed by atoms with Crippen molar-refractivity contribution in [2.75, 3.05) is 17.7 Å². The molecule has 0 saturated heterocycles. The van der Waals surface area contributed by atoms with Gasteiger partial charge in [0.15, 0.2) is 5.75 Å². The molecule has 0 aliphatic carbocycles. The van der Waals surface area contributed by atoms with Gasteiger partial charge in [-0.1, -0.05) is 6.07 Å². The van der Waals surface area contributed by atoms with E-state index in [9.17, 15) is 4.39 Å². The predicted octanol–water partition coefficient (Wildman–Crippen LogP) is 3.11. The summed E-state index contributed by atoms with van der Waals surface area (Å²) in [5, 5.41) is 3.20. The Bertz CT molecular complexity index is 621. The molecule has 0 radical (unpaired) electrons. The van der Waals surface area contributed by atoms with Crippen molar-refractivity contribution in [3.05, 3.63) is 46.4 Å². The van der Waals surface area contributed by atoms with E-state index >= 15 is 0 Å². The Labute approximate surface area is 117 Å². The minimum absolute atomic E-state index is 0.0618. The fourth-order valence-electron chi connectivity index (χ4n) is 2.04. The van der Waals surface area contributed by atoms with Gasteiger partial charge in [0.05, 0.1) is 16.2 Å². The van der Waals surface area contributed by atoms with Crippen LogP contribution in [-0.2, 0) is 0 Å². The largest absolute Gasteiger partial charge is 0.488 e. The number of nitrogens with two attached hydrogens (primary N) is 1. The molecule has 0 spiro atoms. The fourth-order valence-corrected chi connectivity index (χ4v) is 2.56. The lowest BCUT2D eigenvalue weighted by molar-refractivity contribution is 0.284. The second-order valence-electron chi connectivity index (χ2n) is 4.25. The van der Waals surface area contributed by atoms with Gasteiger partial charge in [-0.2, -0.15) is 0 Å². The van der Waals surface area contributed by atoms with E-state index in [4.69, 9.17) is 10.5 Å². The van der Waals surface area contributed by atoms with Crippen LogP contribution in [0.3, 0.4) is 0 Å². The second-order valence-corrected chi connectivity index (χ2v) is 5.11. The zero-order valence-corrected chi connectivity index (χ0v) is 11.4. The maximum absolute atomic E-state index is 13.6. The summed E-state index contributed by atoms with van der Waals surface area (Å²) < 4.78 is 19.9.